The minimum atomic E-state index is -4.03. The predicted molar refractivity (Wildman–Crippen MR) is 99.0 cm³/mol. The Morgan fingerprint density at radius 3 is 2.04 bits per heavy atom. The maximum absolute atomic E-state index is 12.6. The molecule has 2 rings (SSSR count). The smallest absolute Gasteiger partial charge is 0.256 e. The molecule has 0 aliphatic carbocycles. The van der Waals surface area contributed by atoms with E-state index in [2.05, 4.69) is 27.9 Å². The van der Waals surface area contributed by atoms with E-state index in [1.807, 2.05) is 0 Å². The maximum Gasteiger partial charge on any atom is 0.256 e. The molecule has 0 atom stereocenters. The minimum absolute atomic E-state index is 0.0169. The number of hydrogen-bond acceptors (Lipinski definition) is 3. The van der Waals surface area contributed by atoms with Crippen LogP contribution in [0.1, 0.15) is 10.4 Å². The topological polar surface area (TPSA) is 63.2 Å². The van der Waals surface area contributed by atoms with E-state index in [-0.39, 0.29) is 4.90 Å². The van der Waals surface area contributed by atoms with Gasteiger partial charge in [-0.3, -0.25) is 4.79 Å². The Morgan fingerprint density at radius 1 is 0.957 bits per heavy atom. The number of halogens is 3. The molecule has 0 saturated carbocycles. The lowest BCUT2D eigenvalue weighted by Gasteiger charge is -2.11. The van der Waals surface area contributed by atoms with Crippen LogP contribution in [-0.4, -0.2) is 14.3 Å². The van der Waals surface area contributed by atoms with Gasteiger partial charge in [0.25, 0.3) is 5.91 Å². The number of rotatable bonds is 4. The number of carbonyl (C=O) groups is 1. The van der Waals surface area contributed by atoms with Gasteiger partial charge in [-0.25, -0.2) is 8.42 Å². The van der Waals surface area contributed by atoms with Crippen LogP contribution >= 0.6 is 45.8 Å². The summed E-state index contributed by atoms with van der Waals surface area (Å²) in [6, 6.07) is 14.2. The van der Waals surface area contributed by atoms with Crippen molar-refractivity contribution >= 4 is 61.5 Å². The van der Waals surface area contributed by atoms with Gasteiger partial charge in [0.2, 0.25) is 9.84 Å². The first-order chi connectivity index (χ1) is 10.8. The molecular weight excluding hydrogens is 472 g/mol. The van der Waals surface area contributed by atoms with Crippen molar-refractivity contribution in [3.05, 3.63) is 73.3 Å². The lowest BCUT2D eigenvalue weighted by molar-refractivity contribution is 0.0968. The zero-order valence-corrected chi connectivity index (χ0v) is 15.9. The van der Waals surface area contributed by atoms with Gasteiger partial charge in [-0.15, -0.1) is 0 Å². The molecule has 0 fully saturated rings. The average Bonchev–Trinajstić information content (AvgIpc) is 2.53. The normalized spacial score (nSPS) is 10.9. The van der Waals surface area contributed by atoms with E-state index in [0.717, 1.165) is 3.57 Å². The molecule has 1 N–H and O–H groups in total. The molecule has 4 nitrogen and oxygen atoms in total. The zero-order valence-electron chi connectivity index (χ0n) is 11.5. The molecule has 2 aromatic rings. The van der Waals surface area contributed by atoms with Gasteiger partial charge in [0.1, 0.15) is 4.49 Å². The summed E-state index contributed by atoms with van der Waals surface area (Å²) in [4.78, 5) is 12.2. The van der Waals surface area contributed by atoms with Crippen LogP contribution in [0, 0.1) is 3.57 Å². The third-order valence-electron chi connectivity index (χ3n) is 2.83. The largest absolute Gasteiger partial charge is 0.310 e. The molecular formula is C15H10Cl2INO3S. The molecule has 0 aromatic heterocycles. The SMILES string of the molecule is O=C(NC(=C(Cl)Cl)S(=O)(=O)c1ccccc1)c1ccc(I)cc1. The van der Waals surface area contributed by atoms with Crippen LogP contribution in [0.15, 0.2) is 69.0 Å². The van der Waals surface area contributed by atoms with E-state index < -0.39 is 25.3 Å². The second-order valence-electron chi connectivity index (χ2n) is 4.37. The fourth-order valence-electron chi connectivity index (χ4n) is 1.71. The summed E-state index contributed by atoms with van der Waals surface area (Å²) in [5.41, 5.74) is 0.292. The summed E-state index contributed by atoms with van der Waals surface area (Å²) >= 11 is 13.5. The Bertz CT molecular complexity index is 846. The summed E-state index contributed by atoms with van der Waals surface area (Å²) in [7, 11) is -4.03. The molecule has 2 aromatic carbocycles. The van der Waals surface area contributed by atoms with Crippen molar-refractivity contribution in [3.63, 3.8) is 0 Å². The molecule has 0 saturated heterocycles. The van der Waals surface area contributed by atoms with Crippen molar-refractivity contribution in [1.29, 1.82) is 0 Å². The van der Waals surface area contributed by atoms with E-state index in [1.54, 1.807) is 42.5 Å². The van der Waals surface area contributed by atoms with Crippen LogP contribution in [0.2, 0.25) is 0 Å². The number of benzene rings is 2. The van der Waals surface area contributed by atoms with Gasteiger partial charge in [-0.1, -0.05) is 41.4 Å². The summed E-state index contributed by atoms with van der Waals surface area (Å²) in [5.74, 6) is -0.616. The molecule has 0 unspecified atom stereocenters. The number of sulfone groups is 1. The Kier molecular flexibility index (Phi) is 6.07. The molecule has 120 valence electrons. The number of hydrogen-bond donors (Lipinski definition) is 1. The Labute approximate surface area is 157 Å². The van der Waals surface area contributed by atoms with Gasteiger partial charge in [0, 0.05) is 9.13 Å². The fraction of sp³-hybridized carbons (Fsp3) is 0. The molecule has 0 aliphatic heterocycles. The van der Waals surface area contributed by atoms with Gasteiger partial charge >= 0.3 is 0 Å². The van der Waals surface area contributed by atoms with Crippen molar-refractivity contribution in [2.45, 2.75) is 4.90 Å². The quantitative estimate of drug-likeness (QED) is 0.668. The van der Waals surface area contributed by atoms with Crippen LogP contribution in [0.3, 0.4) is 0 Å². The Morgan fingerprint density at radius 2 is 1.52 bits per heavy atom. The van der Waals surface area contributed by atoms with Crippen molar-refractivity contribution in [2.75, 3.05) is 0 Å². The highest BCUT2D eigenvalue weighted by Gasteiger charge is 2.26. The average molecular weight is 482 g/mol. The molecule has 8 heteroatoms. The van der Waals surface area contributed by atoms with E-state index in [4.69, 9.17) is 23.2 Å². The van der Waals surface area contributed by atoms with Crippen molar-refractivity contribution in [1.82, 2.24) is 5.32 Å². The van der Waals surface area contributed by atoms with Gasteiger partial charge in [-0.05, 0) is 59.0 Å². The fourth-order valence-corrected chi connectivity index (χ4v) is 3.95. The van der Waals surface area contributed by atoms with Crippen LogP contribution in [0.4, 0.5) is 0 Å². The van der Waals surface area contributed by atoms with Crippen LogP contribution in [0.5, 0.6) is 0 Å². The van der Waals surface area contributed by atoms with Gasteiger partial charge in [0.15, 0.2) is 5.03 Å². The summed E-state index contributed by atoms with van der Waals surface area (Å²) in [5, 5.41) is 1.73. The highest BCUT2D eigenvalue weighted by atomic mass is 127. The first-order valence-corrected chi connectivity index (χ1v) is 9.56. The number of carbonyl (C=O) groups excluding carboxylic acids is 1. The van der Waals surface area contributed by atoms with Crippen molar-refractivity contribution < 1.29 is 13.2 Å². The van der Waals surface area contributed by atoms with Crippen molar-refractivity contribution in [3.8, 4) is 0 Å². The highest BCUT2D eigenvalue weighted by Crippen LogP contribution is 2.24. The first-order valence-electron chi connectivity index (χ1n) is 6.24. The van der Waals surface area contributed by atoms with Gasteiger partial charge < -0.3 is 5.32 Å². The van der Waals surface area contributed by atoms with Gasteiger partial charge in [0.05, 0.1) is 4.90 Å². The third-order valence-corrected chi connectivity index (χ3v) is 5.88. The number of nitrogens with one attached hydrogen (secondary N) is 1. The summed E-state index contributed by atoms with van der Waals surface area (Å²) in [6.07, 6.45) is 0. The molecule has 23 heavy (non-hydrogen) atoms. The molecule has 0 heterocycles. The first kappa shape index (κ1) is 18.3. The van der Waals surface area contributed by atoms with Crippen molar-refractivity contribution in [2.24, 2.45) is 0 Å². The highest BCUT2D eigenvalue weighted by molar-refractivity contribution is 14.1. The summed E-state index contributed by atoms with van der Waals surface area (Å²) < 4.78 is 25.5. The van der Waals surface area contributed by atoms with E-state index >= 15 is 0 Å². The Balaban J connectivity index is 2.36. The zero-order chi connectivity index (χ0) is 17.0. The second kappa shape index (κ2) is 7.65. The van der Waals surface area contributed by atoms with E-state index in [9.17, 15) is 13.2 Å². The van der Waals surface area contributed by atoms with E-state index in [1.165, 1.54) is 12.1 Å². The minimum Gasteiger partial charge on any atom is -0.310 e. The third kappa shape index (κ3) is 4.47. The lowest BCUT2D eigenvalue weighted by Crippen LogP contribution is -2.28. The Hall–Kier alpha value is -1.09. The number of amides is 1. The molecule has 1 amide bonds. The molecule has 0 bridgehead atoms. The summed E-state index contributed by atoms with van der Waals surface area (Å²) in [6.45, 7) is 0. The predicted octanol–water partition coefficient (Wildman–Crippen LogP) is 4.10. The standard InChI is InChI=1S/C15H10Cl2INO3S/c16-13(17)15(23(21,22)12-4-2-1-3-5-12)19-14(20)10-6-8-11(18)9-7-10/h1-9H,(H,19,20). The monoisotopic (exact) mass is 481 g/mol. The van der Waals surface area contributed by atoms with Crippen LogP contribution < -0.4 is 5.32 Å². The molecule has 0 radical (unpaired) electrons. The van der Waals surface area contributed by atoms with Crippen LogP contribution in [-0.2, 0) is 9.84 Å². The second-order valence-corrected chi connectivity index (χ2v) is 8.45. The van der Waals surface area contributed by atoms with Gasteiger partial charge in [-0.2, -0.15) is 0 Å². The molecule has 0 spiro atoms. The maximum atomic E-state index is 12.6. The van der Waals surface area contributed by atoms with Crippen LogP contribution in [0.25, 0.3) is 0 Å². The lowest BCUT2D eigenvalue weighted by atomic mass is 10.2. The van der Waals surface area contributed by atoms with E-state index in [0.29, 0.717) is 5.56 Å². The molecule has 0 aliphatic rings.